The number of hydrogen-bond donors (Lipinski definition) is 1. The van der Waals surface area contributed by atoms with Gasteiger partial charge in [-0.15, -0.1) is 0 Å². The van der Waals surface area contributed by atoms with Gasteiger partial charge in [0.25, 0.3) is 11.8 Å². The Labute approximate surface area is 208 Å². The van der Waals surface area contributed by atoms with E-state index in [1.807, 2.05) is 41.2 Å². The number of hydrogen-bond acceptors (Lipinski definition) is 5. The number of halogens is 1. The van der Waals surface area contributed by atoms with Crippen LogP contribution in [0.15, 0.2) is 65.9 Å². The molecule has 0 saturated carbocycles. The van der Waals surface area contributed by atoms with Crippen LogP contribution in [0.25, 0.3) is 33.1 Å². The Bertz CT molecular complexity index is 1660. The van der Waals surface area contributed by atoms with Crippen molar-refractivity contribution in [1.82, 2.24) is 34.2 Å². The fourth-order valence-electron chi connectivity index (χ4n) is 4.74. The number of benzene rings is 1. The lowest BCUT2D eigenvalue weighted by atomic mass is 9.98. The lowest BCUT2D eigenvalue weighted by Gasteiger charge is -2.06. The van der Waals surface area contributed by atoms with Gasteiger partial charge in [-0.25, -0.2) is 14.6 Å². The number of nitrogens with zero attached hydrogens (tertiary/aromatic N) is 6. The van der Waals surface area contributed by atoms with E-state index in [2.05, 4.69) is 40.9 Å². The SMILES string of the molecule is Cn1nc(C2=C(c3cn(CCCn4ccnc4)c4cccc(Br)c34)C(=O)NC2=O)c2cccnc21. The molecule has 0 saturated heterocycles. The van der Waals surface area contributed by atoms with Crippen molar-refractivity contribution in [2.24, 2.45) is 7.05 Å². The van der Waals surface area contributed by atoms with E-state index in [1.54, 1.807) is 36.5 Å². The van der Waals surface area contributed by atoms with E-state index < -0.39 is 11.8 Å². The average molecular weight is 530 g/mol. The van der Waals surface area contributed by atoms with Crippen LogP contribution in [0.1, 0.15) is 17.7 Å². The summed E-state index contributed by atoms with van der Waals surface area (Å²) in [6.45, 7) is 1.56. The highest BCUT2D eigenvalue weighted by molar-refractivity contribution is 9.10. The first kappa shape index (κ1) is 21.5. The Morgan fingerprint density at radius 1 is 1.03 bits per heavy atom. The molecule has 0 fully saturated rings. The largest absolute Gasteiger partial charge is 0.347 e. The van der Waals surface area contributed by atoms with Gasteiger partial charge in [-0.3, -0.25) is 14.9 Å². The highest BCUT2D eigenvalue weighted by atomic mass is 79.9. The fraction of sp³-hybridized carbons (Fsp3) is 0.160. The van der Waals surface area contributed by atoms with Gasteiger partial charge in [0.15, 0.2) is 5.65 Å². The first-order valence-electron chi connectivity index (χ1n) is 11.1. The topological polar surface area (TPSA) is 99.6 Å². The second-order valence-electron chi connectivity index (χ2n) is 8.40. The Morgan fingerprint density at radius 3 is 2.71 bits per heavy atom. The third kappa shape index (κ3) is 3.48. The number of carbonyl (C=O) groups excluding carboxylic acids is 2. The second kappa shape index (κ2) is 8.31. The summed E-state index contributed by atoms with van der Waals surface area (Å²) in [5.41, 5.74) is 3.35. The highest BCUT2D eigenvalue weighted by Crippen LogP contribution is 2.39. The van der Waals surface area contributed by atoms with Crippen molar-refractivity contribution in [3.63, 3.8) is 0 Å². The number of fused-ring (bicyclic) bond motifs is 2. The van der Waals surface area contributed by atoms with Gasteiger partial charge in [0, 0.05) is 71.2 Å². The van der Waals surface area contributed by atoms with Gasteiger partial charge in [-0.05, 0) is 30.7 Å². The normalized spacial score (nSPS) is 14.0. The predicted molar refractivity (Wildman–Crippen MR) is 135 cm³/mol. The molecular weight excluding hydrogens is 510 g/mol. The van der Waals surface area contributed by atoms with Gasteiger partial charge >= 0.3 is 0 Å². The number of aromatic nitrogens is 6. The van der Waals surface area contributed by atoms with Crippen molar-refractivity contribution >= 4 is 60.8 Å². The van der Waals surface area contributed by atoms with Crippen LogP contribution >= 0.6 is 15.9 Å². The van der Waals surface area contributed by atoms with Crippen LogP contribution in [-0.2, 0) is 29.7 Å². The smallest absolute Gasteiger partial charge is 0.261 e. The molecule has 0 atom stereocenters. The number of nitrogens with one attached hydrogen (secondary N) is 1. The van der Waals surface area contributed by atoms with Crippen molar-refractivity contribution in [2.75, 3.05) is 0 Å². The van der Waals surface area contributed by atoms with E-state index in [1.165, 1.54) is 0 Å². The first-order chi connectivity index (χ1) is 17.0. The van der Waals surface area contributed by atoms with Gasteiger partial charge in [-0.1, -0.05) is 22.0 Å². The molecule has 10 heteroatoms. The Morgan fingerprint density at radius 2 is 1.89 bits per heavy atom. The summed E-state index contributed by atoms with van der Waals surface area (Å²) in [6.07, 6.45) is 10.0. The van der Waals surface area contributed by atoms with Crippen molar-refractivity contribution in [2.45, 2.75) is 19.5 Å². The lowest BCUT2D eigenvalue weighted by Crippen LogP contribution is -2.22. The van der Waals surface area contributed by atoms with Crippen molar-refractivity contribution in [3.8, 4) is 0 Å². The Balaban J connectivity index is 1.53. The summed E-state index contributed by atoms with van der Waals surface area (Å²) in [5.74, 6) is -0.886. The van der Waals surface area contributed by atoms with E-state index in [0.29, 0.717) is 22.5 Å². The number of imide groups is 1. The zero-order chi connectivity index (χ0) is 24.1. The minimum atomic E-state index is -0.457. The van der Waals surface area contributed by atoms with Gasteiger partial charge in [0.2, 0.25) is 0 Å². The predicted octanol–water partition coefficient (Wildman–Crippen LogP) is 3.54. The molecule has 1 aliphatic heterocycles. The number of imidazole rings is 1. The molecule has 2 amide bonds. The molecule has 0 unspecified atom stereocenters. The van der Waals surface area contributed by atoms with E-state index in [9.17, 15) is 9.59 Å². The molecule has 4 aromatic heterocycles. The lowest BCUT2D eigenvalue weighted by molar-refractivity contribution is -0.122. The van der Waals surface area contributed by atoms with Gasteiger partial charge in [-0.2, -0.15) is 5.10 Å². The minimum absolute atomic E-state index is 0.266. The van der Waals surface area contributed by atoms with Crippen LogP contribution in [-0.4, -0.2) is 40.7 Å². The zero-order valence-electron chi connectivity index (χ0n) is 18.8. The molecule has 9 nitrogen and oxygen atoms in total. The molecular formula is C25H20BrN7O2. The van der Waals surface area contributed by atoms with Crippen molar-refractivity contribution in [3.05, 3.63) is 77.2 Å². The Kier molecular flexibility index (Phi) is 5.10. The monoisotopic (exact) mass is 529 g/mol. The quantitative estimate of drug-likeness (QED) is 0.339. The molecule has 0 aliphatic carbocycles. The second-order valence-corrected chi connectivity index (χ2v) is 9.26. The molecule has 0 spiro atoms. The third-order valence-corrected chi connectivity index (χ3v) is 6.93. The molecule has 35 heavy (non-hydrogen) atoms. The van der Waals surface area contributed by atoms with Gasteiger partial charge in [0.1, 0.15) is 5.69 Å². The summed E-state index contributed by atoms with van der Waals surface area (Å²) in [7, 11) is 1.77. The molecule has 0 radical (unpaired) electrons. The van der Waals surface area contributed by atoms with Crippen LogP contribution in [0.2, 0.25) is 0 Å². The van der Waals surface area contributed by atoms with Crippen LogP contribution < -0.4 is 5.32 Å². The van der Waals surface area contributed by atoms with Gasteiger partial charge in [0.05, 0.1) is 17.5 Å². The van der Waals surface area contributed by atoms with E-state index >= 15 is 0 Å². The number of amides is 2. The summed E-state index contributed by atoms with van der Waals surface area (Å²) in [6, 6.07) is 9.59. The van der Waals surface area contributed by atoms with E-state index in [0.717, 1.165) is 40.3 Å². The summed E-state index contributed by atoms with van der Waals surface area (Å²) in [4.78, 5) is 34.7. The molecule has 6 rings (SSSR count). The summed E-state index contributed by atoms with van der Waals surface area (Å²) >= 11 is 3.67. The standard InChI is InChI=1S/C25H20BrN7O2/c1-31-23-15(5-3-8-28-23)22(30-31)21-20(24(34)29-25(21)35)16-13-33(11-4-10-32-12-9-27-14-32)18-7-2-6-17(26)19(16)18/h2-3,5-9,12-14H,4,10-11H2,1H3,(H,29,34,35). The third-order valence-electron chi connectivity index (χ3n) is 6.27. The molecule has 1 aliphatic rings. The van der Waals surface area contributed by atoms with E-state index in [4.69, 9.17) is 0 Å². The molecule has 1 aromatic carbocycles. The first-order valence-corrected chi connectivity index (χ1v) is 11.9. The number of carbonyl (C=O) groups is 2. The Hall–Kier alpha value is -4.05. The fourth-order valence-corrected chi connectivity index (χ4v) is 5.31. The van der Waals surface area contributed by atoms with E-state index in [-0.39, 0.29) is 5.57 Å². The van der Waals surface area contributed by atoms with Crippen LogP contribution in [0.4, 0.5) is 0 Å². The van der Waals surface area contributed by atoms with Crippen LogP contribution in [0, 0.1) is 0 Å². The molecule has 1 N–H and O–H groups in total. The maximum absolute atomic E-state index is 13.2. The van der Waals surface area contributed by atoms with Gasteiger partial charge < -0.3 is 9.13 Å². The number of aryl methyl sites for hydroxylation is 3. The molecule has 5 aromatic rings. The van der Waals surface area contributed by atoms with Crippen molar-refractivity contribution in [1.29, 1.82) is 0 Å². The minimum Gasteiger partial charge on any atom is -0.347 e. The zero-order valence-corrected chi connectivity index (χ0v) is 20.4. The summed E-state index contributed by atoms with van der Waals surface area (Å²) < 4.78 is 6.64. The molecule has 0 bridgehead atoms. The maximum Gasteiger partial charge on any atom is 0.261 e. The van der Waals surface area contributed by atoms with Crippen LogP contribution in [0.3, 0.4) is 0 Å². The molecule has 5 heterocycles. The average Bonchev–Trinajstić information content (AvgIpc) is 3.61. The highest BCUT2D eigenvalue weighted by Gasteiger charge is 2.36. The maximum atomic E-state index is 13.2. The van der Waals surface area contributed by atoms with Crippen LogP contribution in [0.5, 0.6) is 0 Å². The van der Waals surface area contributed by atoms with Crippen molar-refractivity contribution < 1.29 is 9.59 Å². The number of rotatable bonds is 6. The number of pyridine rings is 1. The molecule has 174 valence electrons. The summed E-state index contributed by atoms with van der Waals surface area (Å²) in [5, 5.41) is 8.66.